The number of hydrogen-bond acceptors (Lipinski definition) is 1. The molecule has 1 aromatic rings. The third kappa shape index (κ3) is 1.86. The van der Waals surface area contributed by atoms with Gasteiger partial charge in [-0.25, -0.2) is 0 Å². The predicted octanol–water partition coefficient (Wildman–Crippen LogP) is 2.86. The second-order valence-corrected chi connectivity index (χ2v) is 4.57. The highest BCUT2D eigenvalue weighted by atomic mass is 79.9. The average molecular weight is 255 g/mol. The molecule has 1 N–H and O–H groups in total. The van der Waals surface area contributed by atoms with Crippen molar-refractivity contribution in [3.63, 3.8) is 0 Å². The molecule has 0 radical (unpaired) electrons. The van der Waals surface area contributed by atoms with E-state index in [4.69, 9.17) is 0 Å². The highest BCUT2D eigenvalue weighted by Crippen LogP contribution is 2.34. The molecule has 2 unspecified atom stereocenters. The normalized spacial score (nSPS) is 22.9. The third-order valence-corrected chi connectivity index (χ3v) is 3.70. The van der Waals surface area contributed by atoms with Crippen molar-refractivity contribution >= 4 is 15.9 Å². The number of alkyl halides is 1. The first kappa shape index (κ1) is 10.2. The van der Waals surface area contributed by atoms with Crippen LogP contribution in [0.1, 0.15) is 29.9 Å². The van der Waals surface area contributed by atoms with E-state index in [0.29, 0.717) is 11.2 Å². The van der Waals surface area contributed by atoms with Crippen LogP contribution in [0.2, 0.25) is 0 Å². The number of fused-ring (bicyclic) bond motifs is 1. The first-order valence-electron chi connectivity index (χ1n) is 5.14. The van der Waals surface area contributed by atoms with Crippen molar-refractivity contribution in [2.24, 2.45) is 0 Å². The molecule has 0 amide bonds. The van der Waals surface area contributed by atoms with Crippen LogP contribution in [0.5, 0.6) is 0 Å². The maximum atomic E-state index is 9.88. The molecular weight excluding hydrogens is 240 g/mol. The topological polar surface area (TPSA) is 20.2 Å². The van der Waals surface area contributed by atoms with Crippen molar-refractivity contribution in [3.05, 3.63) is 35.4 Å². The van der Waals surface area contributed by atoms with Gasteiger partial charge in [-0.2, -0.15) is 0 Å². The van der Waals surface area contributed by atoms with E-state index < -0.39 is 0 Å². The summed E-state index contributed by atoms with van der Waals surface area (Å²) in [5.74, 6) is 0.333. The first-order chi connectivity index (χ1) is 6.83. The summed E-state index contributed by atoms with van der Waals surface area (Å²) in [6.45, 7) is 0. The Balaban J connectivity index is 2.30. The molecule has 0 bridgehead atoms. The number of halogens is 1. The zero-order valence-corrected chi connectivity index (χ0v) is 9.70. The standard InChI is InChI=1S/C12H15BrO/c13-8-12(14)11-7-3-5-9-4-1-2-6-10(9)11/h1-2,4,6,11-12,14H,3,5,7-8H2. The van der Waals surface area contributed by atoms with E-state index in [-0.39, 0.29) is 6.10 Å². The number of aryl methyl sites for hydroxylation is 1. The van der Waals surface area contributed by atoms with E-state index in [9.17, 15) is 5.11 Å². The SMILES string of the molecule is OC(CBr)C1CCCc2ccccc21. The van der Waals surface area contributed by atoms with Crippen LogP contribution >= 0.6 is 15.9 Å². The molecule has 2 rings (SSSR count). The monoisotopic (exact) mass is 254 g/mol. The van der Waals surface area contributed by atoms with Crippen LogP contribution in [0, 0.1) is 0 Å². The largest absolute Gasteiger partial charge is 0.392 e. The molecule has 0 aliphatic heterocycles. The Labute approximate surface area is 93.3 Å². The minimum atomic E-state index is -0.239. The number of benzene rings is 1. The molecule has 0 saturated heterocycles. The molecule has 1 aliphatic carbocycles. The van der Waals surface area contributed by atoms with E-state index in [1.54, 1.807) is 0 Å². The van der Waals surface area contributed by atoms with Crippen LogP contribution in [0.25, 0.3) is 0 Å². The Morgan fingerprint density at radius 1 is 1.43 bits per heavy atom. The summed E-state index contributed by atoms with van der Waals surface area (Å²) in [5.41, 5.74) is 2.77. The van der Waals surface area contributed by atoms with Crippen LogP contribution in [0.4, 0.5) is 0 Å². The highest BCUT2D eigenvalue weighted by molar-refractivity contribution is 9.09. The van der Waals surface area contributed by atoms with Gasteiger partial charge in [-0.15, -0.1) is 0 Å². The van der Waals surface area contributed by atoms with Crippen LogP contribution in [-0.4, -0.2) is 16.5 Å². The number of hydrogen-bond donors (Lipinski definition) is 1. The Bertz CT molecular complexity index is 311. The molecular formula is C12H15BrO. The molecule has 14 heavy (non-hydrogen) atoms. The molecule has 2 heteroatoms. The van der Waals surface area contributed by atoms with Crippen molar-refractivity contribution in [3.8, 4) is 0 Å². The molecule has 0 aromatic heterocycles. The van der Waals surface area contributed by atoms with Crippen molar-refractivity contribution in [2.75, 3.05) is 5.33 Å². The van der Waals surface area contributed by atoms with Crippen LogP contribution in [0.3, 0.4) is 0 Å². The van der Waals surface area contributed by atoms with Gasteiger partial charge < -0.3 is 5.11 Å². The Kier molecular flexibility index (Phi) is 3.24. The smallest absolute Gasteiger partial charge is 0.0705 e. The molecule has 76 valence electrons. The fourth-order valence-electron chi connectivity index (χ4n) is 2.30. The molecule has 2 atom stereocenters. The van der Waals surface area contributed by atoms with Crippen LogP contribution < -0.4 is 0 Å². The lowest BCUT2D eigenvalue weighted by Crippen LogP contribution is -2.23. The van der Waals surface area contributed by atoms with Gasteiger partial charge >= 0.3 is 0 Å². The van der Waals surface area contributed by atoms with Gasteiger partial charge in [0.1, 0.15) is 0 Å². The van der Waals surface area contributed by atoms with Gasteiger partial charge in [-0.1, -0.05) is 40.2 Å². The van der Waals surface area contributed by atoms with Crippen LogP contribution in [0.15, 0.2) is 24.3 Å². The zero-order valence-electron chi connectivity index (χ0n) is 8.12. The predicted molar refractivity (Wildman–Crippen MR) is 61.9 cm³/mol. The van der Waals surface area contributed by atoms with Gasteiger partial charge in [-0.05, 0) is 30.4 Å². The van der Waals surface area contributed by atoms with Crippen LogP contribution in [-0.2, 0) is 6.42 Å². The van der Waals surface area contributed by atoms with Gasteiger partial charge in [0, 0.05) is 11.2 Å². The minimum absolute atomic E-state index is 0.239. The molecule has 1 aliphatic rings. The Morgan fingerprint density at radius 3 is 3.00 bits per heavy atom. The van der Waals surface area contributed by atoms with E-state index in [1.165, 1.54) is 24.0 Å². The van der Waals surface area contributed by atoms with Crippen molar-refractivity contribution in [1.82, 2.24) is 0 Å². The molecule has 1 aromatic carbocycles. The average Bonchev–Trinajstić information content (AvgIpc) is 2.27. The van der Waals surface area contributed by atoms with E-state index in [2.05, 4.69) is 40.2 Å². The number of rotatable bonds is 2. The summed E-state index contributed by atoms with van der Waals surface area (Å²) in [7, 11) is 0. The summed E-state index contributed by atoms with van der Waals surface area (Å²) in [6.07, 6.45) is 3.24. The first-order valence-corrected chi connectivity index (χ1v) is 6.27. The molecule has 0 heterocycles. The quantitative estimate of drug-likeness (QED) is 0.805. The summed E-state index contributed by atoms with van der Waals surface area (Å²) >= 11 is 3.35. The zero-order chi connectivity index (χ0) is 9.97. The maximum Gasteiger partial charge on any atom is 0.0705 e. The summed E-state index contributed by atoms with van der Waals surface area (Å²) in [5, 5.41) is 10.6. The van der Waals surface area contributed by atoms with Gasteiger partial charge in [-0.3, -0.25) is 0 Å². The molecule has 1 nitrogen and oxygen atoms in total. The number of aliphatic hydroxyl groups is 1. The Hall–Kier alpha value is -0.340. The van der Waals surface area contributed by atoms with E-state index in [1.807, 2.05) is 0 Å². The number of aliphatic hydroxyl groups excluding tert-OH is 1. The second kappa shape index (κ2) is 4.45. The maximum absolute atomic E-state index is 9.88. The summed E-state index contributed by atoms with van der Waals surface area (Å²) < 4.78 is 0. The highest BCUT2D eigenvalue weighted by Gasteiger charge is 2.25. The second-order valence-electron chi connectivity index (χ2n) is 3.92. The Morgan fingerprint density at radius 2 is 2.21 bits per heavy atom. The fourth-order valence-corrected chi connectivity index (χ4v) is 2.75. The molecule has 0 fully saturated rings. The molecule has 0 saturated carbocycles. The van der Waals surface area contributed by atoms with E-state index in [0.717, 1.165) is 6.42 Å². The van der Waals surface area contributed by atoms with Crippen molar-refractivity contribution < 1.29 is 5.11 Å². The summed E-state index contributed by atoms with van der Waals surface area (Å²) in [6, 6.07) is 8.49. The van der Waals surface area contributed by atoms with Gasteiger partial charge in [0.15, 0.2) is 0 Å². The lowest BCUT2D eigenvalue weighted by molar-refractivity contribution is 0.158. The van der Waals surface area contributed by atoms with Gasteiger partial charge in [0.2, 0.25) is 0 Å². The fraction of sp³-hybridized carbons (Fsp3) is 0.500. The lowest BCUT2D eigenvalue weighted by Gasteiger charge is -2.28. The minimum Gasteiger partial charge on any atom is -0.392 e. The summed E-state index contributed by atoms with van der Waals surface area (Å²) in [4.78, 5) is 0. The van der Waals surface area contributed by atoms with Crippen molar-refractivity contribution in [2.45, 2.75) is 31.3 Å². The van der Waals surface area contributed by atoms with Gasteiger partial charge in [0.25, 0.3) is 0 Å². The third-order valence-electron chi connectivity index (χ3n) is 3.04. The molecule has 0 spiro atoms. The van der Waals surface area contributed by atoms with Gasteiger partial charge in [0.05, 0.1) is 6.10 Å². The van der Waals surface area contributed by atoms with Crippen molar-refractivity contribution in [1.29, 1.82) is 0 Å². The van der Waals surface area contributed by atoms with E-state index >= 15 is 0 Å². The lowest BCUT2D eigenvalue weighted by atomic mass is 9.80.